The number of nitrogens with one attached hydrogen (secondary N) is 1. The molecule has 0 amide bonds. The Kier molecular flexibility index (Phi) is 3.59. The van der Waals surface area contributed by atoms with Gasteiger partial charge in [0, 0.05) is 30.4 Å². The molecule has 0 aliphatic heterocycles. The molecule has 2 aromatic rings. The molecule has 1 N–H and O–H groups in total. The highest BCUT2D eigenvalue weighted by atomic mass is 32.1. The van der Waals surface area contributed by atoms with E-state index in [0.717, 1.165) is 22.7 Å². The molecule has 0 bridgehead atoms. The third kappa shape index (κ3) is 2.40. The Morgan fingerprint density at radius 2 is 2.29 bits per heavy atom. The van der Waals surface area contributed by atoms with Gasteiger partial charge in [-0.3, -0.25) is 4.68 Å². The summed E-state index contributed by atoms with van der Waals surface area (Å²) in [6.45, 7) is 4.26. The van der Waals surface area contributed by atoms with Crippen molar-refractivity contribution < 1.29 is 0 Å². The van der Waals surface area contributed by atoms with Crippen LogP contribution in [0.3, 0.4) is 0 Å². The molecule has 0 spiro atoms. The number of rotatable bonds is 4. The van der Waals surface area contributed by atoms with Gasteiger partial charge in [-0.2, -0.15) is 5.10 Å². The SMILES string of the molecule is CCc1nn(C)cc1-c1ncc(C(C)NC)s1. The van der Waals surface area contributed by atoms with E-state index in [-0.39, 0.29) is 0 Å². The van der Waals surface area contributed by atoms with Gasteiger partial charge in [-0.05, 0) is 20.4 Å². The monoisotopic (exact) mass is 250 g/mol. The van der Waals surface area contributed by atoms with Crippen molar-refractivity contribution in [2.24, 2.45) is 7.05 Å². The van der Waals surface area contributed by atoms with Crippen LogP contribution in [0.5, 0.6) is 0 Å². The van der Waals surface area contributed by atoms with E-state index in [4.69, 9.17) is 0 Å². The van der Waals surface area contributed by atoms with Gasteiger partial charge in [0.2, 0.25) is 0 Å². The molecule has 4 nitrogen and oxygen atoms in total. The fourth-order valence-electron chi connectivity index (χ4n) is 1.73. The summed E-state index contributed by atoms with van der Waals surface area (Å²) < 4.78 is 1.86. The number of aromatic nitrogens is 3. The third-order valence-corrected chi connectivity index (χ3v) is 4.07. The quantitative estimate of drug-likeness (QED) is 0.906. The molecule has 2 rings (SSSR count). The first kappa shape index (κ1) is 12.3. The van der Waals surface area contributed by atoms with Crippen LogP contribution in [0.15, 0.2) is 12.4 Å². The van der Waals surface area contributed by atoms with Gasteiger partial charge in [0.15, 0.2) is 0 Å². The maximum Gasteiger partial charge on any atom is 0.127 e. The Labute approximate surface area is 106 Å². The lowest BCUT2D eigenvalue weighted by Crippen LogP contribution is -2.10. The molecule has 0 aliphatic carbocycles. The van der Waals surface area contributed by atoms with E-state index in [1.54, 1.807) is 11.3 Å². The standard InChI is InChI=1S/C12H18N4S/c1-5-10-9(7-16(4)15-10)12-14-6-11(17-12)8(2)13-3/h6-8,13H,5H2,1-4H3. The van der Waals surface area contributed by atoms with Crippen molar-refractivity contribution in [1.82, 2.24) is 20.1 Å². The molecule has 1 atom stereocenters. The predicted molar refractivity (Wildman–Crippen MR) is 71.2 cm³/mol. The highest BCUT2D eigenvalue weighted by molar-refractivity contribution is 7.15. The van der Waals surface area contributed by atoms with Crippen LogP contribution in [0.25, 0.3) is 10.6 Å². The fourth-order valence-corrected chi connectivity index (χ4v) is 2.74. The van der Waals surface area contributed by atoms with Gasteiger partial charge in [-0.1, -0.05) is 6.92 Å². The minimum Gasteiger partial charge on any atom is -0.312 e. The molecule has 0 aromatic carbocycles. The highest BCUT2D eigenvalue weighted by Crippen LogP contribution is 2.30. The molecule has 0 saturated heterocycles. The van der Waals surface area contributed by atoms with Crippen LogP contribution >= 0.6 is 11.3 Å². The smallest absolute Gasteiger partial charge is 0.127 e. The zero-order valence-corrected chi connectivity index (χ0v) is 11.5. The molecule has 17 heavy (non-hydrogen) atoms. The second-order valence-electron chi connectivity index (χ2n) is 4.09. The van der Waals surface area contributed by atoms with Gasteiger partial charge >= 0.3 is 0 Å². The largest absolute Gasteiger partial charge is 0.312 e. The van der Waals surface area contributed by atoms with E-state index in [1.807, 2.05) is 31.2 Å². The van der Waals surface area contributed by atoms with Crippen LogP contribution in [0.1, 0.15) is 30.5 Å². The lowest BCUT2D eigenvalue weighted by molar-refractivity contribution is 0.662. The van der Waals surface area contributed by atoms with Crippen molar-refractivity contribution in [1.29, 1.82) is 0 Å². The van der Waals surface area contributed by atoms with Crippen molar-refractivity contribution in [3.8, 4) is 10.6 Å². The number of nitrogens with zero attached hydrogens (tertiary/aromatic N) is 3. The molecular formula is C12H18N4S. The van der Waals surface area contributed by atoms with Gasteiger partial charge < -0.3 is 5.32 Å². The minimum atomic E-state index is 0.350. The van der Waals surface area contributed by atoms with Crippen molar-refractivity contribution in [2.45, 2.75) is 26.3 Å². The third-order valence-electron chi connectivity index (χ3n) is 2.85. The highest BCUT2D eigenvalue weighted by Gasteiger charge is 2.14. The summed E-state index contributed by atoms with van der Waals surface area (Å²) >= 11 is 1.73. The van der Waals surface area contributed by atoms with Gasteiger partial charge in [-0.25, -0.2) is 4.98 Å². The van der Waals surface area contributed by atoms with Crippen LogP contribution in [0.4, 0.5) is 0 Å². The molecule has 2 aromatic heterocycles. The van der Waals surface area contributed by atoms with Crippen LogP contribution in [-0.4, -0.2) is 21.8 Å². The van der Waals surface area contributed by atoms with E-state index >= 15 is 0 Å². The first-order chi connectivity index (χ1) is 8.15. The molecule has 0 saturated carbocycles. The van der Waals surface area contributed by atoms with E-state index in [9.17, 15) is 0 Å². The van der Waals surface area contributed by atoms with E-state index in [1.165, 1.54) is 4.88 Å². The molecule has 1 unspecified atom stereocenters. The maximum absolute atomic E-state index is 4.50. The van der Waals surface area contributed by atoms with Gasteiger partial charge in [0.25, 0.3) is 0 Å². The second-order valence-corrected chi connectivity index (χ2v) is 5.16. The number of hydrogen-bond acceptors (Lipinski definition) is 4. The molecule has 0 aliphatic rings. The second kappa shape index (κ2) is 4.98. The van der Waals surface area contributed by atoms with Crippen LogP contribution in [-0.2, 0) is 13.5 Å². The molecule has 0 fully saturated rings. The van der Waals surface area contributed by atoms with Crippen molar-refractivity contribution in [2.75, 3.05) is 7.05 Å². The lowest BCUT2D eigenvalue weighted by atomic mass is 10.2. The molecule has 92 valence electrons. The zero-order valence-electron chi connectivity index (χ0n) is 10.7. The summed E-state index contributed by atoms with van der Waals surface area (Å²) in [4.78, 5) is 5.76. The van der Waals surface area contributed by atoms with E-state index < -0.39 is 0 Å². The molecule has 5 heteroatoms. The first-order valence-electron chi connectivity index (χ1n) is 5.81. The van der Waals surface area contributed by atoms with Crippen molar-refractivity contribution in [3.05, 3.63) is 23.0 Å². The zero-order chi connectivity index (χ0) is 12.4. The van der Waals surface area contributed by atoms with Crippen LogP contribution < -0.4 is 5.32 Å². The van der Waals surface area contributed by atoms with Crippen LogP contribution in [0.2, 0.25) is 0 Å². The summed E-state index contributed by atoms with van der Waals surface area (Å²) in [5.74, 6) is 0. The van der Waals surface area contributed by atoms with Gasteiger partial charge in [-0.15, -0.1) is 11.3 Å². The summed E-state index contributed by atoms with van der Waals surface area (Å²) in [7, 11) is 3.92. The fraction of sp³-hybridized carbons (Fsp3) is 0.500. The topological polar surface area (TPSA) is 42.7 Å². The normalized spacial score (nSPS) is 12.9. The molecule has 2 heterocycles. The summed E-state index contributed by atoms with van der Waals surface area (Å²) in [5, 5.41) is 8.74. The summed E-state index contributed by atoms with van der Waals surface area (Å²) in [5.41, 5.74) is 2.28. The van der Waals surface area contributed by atoms with E-state index in [0.29, 0.717) is 6.04 Å². The number of thiazole rings is 1. The predicted octanol–water partition coefficient (Wildman–Crippen LogP) is 2.39. The average Bonchev–Trinajstić information content (AvgIpc) is 2.93. The Balaban J connectivity index is 2.36. The van der Waals surface area contributed by atoms with Crippen molar-refractivity contribution >= 4 is 11.3 Å². The molecule has 0 radical (unpaired) electrons. The van der Waals surface area contributed by atoms with Gasteiger partial charge in [0.05, 0.1) is 11.3 Å². The number of aryl methyl sites for hydroxylation is 2. The van der Waals surface area contributed by atoms with Gasteiger partial charge in [0.1, 0.15) is 5.01 Å². The first-order valence-corrected chi connectivity index (χ1v) is 6.63. The van der Waals surface area contributed by atoms with E-state index in [2.05, 4.69) is 29.2 Å². The Hall–Kier alpha value is -1.20. The Morgan fingerprint density at radius 1 is 1.53 bits per heavy atom. The summed E-state index contributed by atoms with van der Waals surface area (Å²) in [6.07, 6.45) is 4.94. The van der Waals surface area contributed by atoms with Crippen LogP contribution in [0, 0.1) is 0 Å². The lowest BCUT2D eigenvalue weighted by Gasteiger charge is -2.04. The summed E-state index contributed by atoms with van der Waals surface area (Å²) in [6, 6.07) is 0.350. The number of hydrogen-bond donors (Lipinski definition) is 1. The molecular weight excluding hydrogens is 232 g/mol. The Bertz CT molecular complexity index is 500. The van der Waals surface area contributed by atoms with Crippen molar-refractivity contribution in [3.63, 3.8) is 0 Å². The average molecular weight is 250 g/mol. The minimum absolute atomic E-state index is 0.350. The Morgan fingerprint density at radius 3 is 2.94 bits per heavy atom. The maximum atomic E-state index is 4.50.